The summed E-state index contributed by atoms with van der Waals surface area (Å²) < 4.78 is 20.7. The highest BCUT2D eigenvalue weighted by atomic mass is 19.1. The van der Waals surface area contributed by atoms with Crippen LogP contribution in [0.3, 0.4) is 0 Å². The maximum Gasteiger partial charge on any atom is 0.284 e. The second kappa shape index (κ2) is 6.31. The highest BCUT2D eigenvalue weighted by molar-refractivity contribution is 5.75. The standard InChI is InChI=1S/C21H13FN4O2/c22-15-8-6-14(7-9-15)20-25-19(18(28-20)13-4-2-1-3-5-13)26-11-10-16-17(21(26)27)24-12-23-16/h1-12H,(H,23,24). The number of nitrogens with zero attached hydrogens (tertiary/aromatic N) is 3. The lowest BCUT2D eigenvalue weighted by Gasteiger charge is -2.04. The van der Waals surface area contributed by atoms with Gasteiger partial charge in [-0.15, -0.1) is 0 Å². The van der Waals surface area contributed by atoms with Crippen LogP contribution in [0.1, 0.15) is 0 Å². The van der Waals surface area contributed by atoms with Crippen molar-refractivity contribution in [2.24, 2.45) is 0 Å². The van der Waals surface area contributed by atoms with E-state index in [4.69, 9.17) is 4.42 Å². The molecule has 0 saturated heterocycles. The Morgan fingerprint density at radius 2 is 1.75 bits per heavy atom. The molecule has 5 rings (SSSR count). The van der Waals surface area contributed by atoms with E-state index >= 15 is 0 Å². The molecular weight excluding hydrogens is 359 g/mol. The maximum absolute atomic E-state index is 13.3. The van der Waals surface area contributed by atoms with Crippen LogP contribution in [-0.4, -0.2) is 19.5 Å². The smallest absolute Gasteiger partial charge is 0.284 e. The average Bonchev–Trinajstić information content (AvgIpc) is 3.37. The molecule has 7 heteroatoms. The number of fused-ring (bicyclic) bond motifs is 1. The van der Waals surface area contributed by atoms with Gasteiger partial charge in [-0.2, -0.15) is 4.98 Å². The molecule has 28 heavy (non-hydrogen) atoms. The van der Waals surface area contributed by atoms with Gasteiger partial charge in [0.05, 0.1) is 11.8 Å². The average molecular weight is 372 g/mol. The Morgan fingerprint density at radius 3 is 2.54 bits per heavy atom. The van der Waals surface area contributed by atoms with E-state index in [0.717, 1.165) is 5.56 Å². The lowest BCUT2D eigenvalue weighted by Crippen LogP contribution is -2.18. The van der Waals surface area contributed by atoms with Crippen LogP contribution in [0, 0.1) is 5.82 Å². The molecule has 0 aliphatic heterocycles. The number of benzene rings is 2. The van der Waals surface area contributed by atoms with Gasteiger partial charge in [-0.05, 0) is 30.3 Å². The van der Waals surface area contributed by atoms with E-state index in [-0.39, 0.29) is 11.4 Å². The summed E-state index contributed by atoms with van der Waals surface area (Å²) in [6.07, 6.45) is 3.10. The second-order valence-corrected chi connectivity index (χ2v) is 6.20. The minimum Gasteiger partial charge on any atom is -0.434 e. The van der Waals surface area contributed by atoms with Crippen LogP contribution in [0.25, 0.3) is 39.6 Å². The van der Waals surface area contributed by atoms with Gasteiger partial charge in [0, 0.05) is 17.3 Å². The van der Waals surface area contributed by atoms with Gasteiger partial charge >= 0.3 is 0 Å². The largest absolute Gasteiger partial charge is 0.434 e. The Bertz CT molecular complexity index is 1330. The summed E-state index contributed by atoms with van der Waals surface area (Å²) >= 11 is 0. The van der Waals surface area contributed by atoms with E-state index in [2.05, 4.69) is 15.0 Å². The molecule has 0 bridgehead atoms. The number of nitrogens with one attached hydrogen (secondary N) is 1. The summed E-state index contributed by atoms with van der Waals surface area (Å²) in [7, 11) is 0. The molecule has 0 atom stereocenters. The minimum atomic E-state index is -0.348. The number of hydrogen-bond donors (Lipinski definition) is 1. The van der Waals surface area contributed by atoms with Crippen molar-refractivity contribution in [1.29, 1.82) is 0 Å². The molecule has 0 saturated carbocycles. The zero-order chi connectivity index (χ0) is 19.1. The molecule has 0 amide bonds. The molecule has 2 aromatic carbocycles. The molecule has 0 spiro atoms. The lowest BCUT2D eigenvalue weighted by molar-refractivity contribution is 0.587. The van der Waals surface area contributed by atoms with E-state index in [0.29, 0.717) is 34.1 Å². The quantitative estimate of drug-likeness (QED) is 0.516. The summed E-state index contributed by atoms with van der Waals surface area (Å²) in [4.78, 5) is 24.5. The second-order valence-electron chi connectivity index (χ2n) is 6.20. The van der Waals surface area contributed by atoms with Gasteiger partial charge < -0.3 is 9.40 Å². The van der Waals surface area contributed by atoms with Gasteiger partial charge in [0.1, 0.15) is 5.82 Å². The van der Waals surface area contributed by atoms with E-state index in [9.17, 15) is 9.18 Å². The van der Waals surface area contributed by atoms with Crippen LogP contribution in [0.4, 0.5) is 4.39 Å². The van der Waals surface area contributed by atoms with Gasteiger partial charge in [-0.1, -0.05) is 30.3 Å². The molecule has 0 radical (unpaired) electrons. The van der Waals surface area contributed by atoms with Crippen molar-refractivity contribution >= 4 is 11.0 Å². The third kappa shape index (κ3) is 2.61. The number of pyridine rings is 1. The van der Waals surface area contributed by atoms with Crippen molar-refractivity contribution in [2.75, 3.05) is 0 Å². The summed E-state index contributed by atoms with van der Waals surface area (Å²) in [5.74, 6) is 0.735. The summed E-state index contributed by atoms with van der Waals surface area (Å²) in [6, 6.07) is 17.0. The maximum atomic E-state index is 13.3. The van der Waals surface area contributed by atoms with Gasteiger partial charge in [-0.3, -0.25) is 9.36 Å². The molecule has 3 aromatic heterocycles. The van der Waals surface area contributed by atoms with Gasteiger partial charge in [0.25, 0.3) is 5.56 Å². The highest BCUT2D eigenvalue weighted by Gasteiger charge is 2.20. The molecule has 0 unspecified atom stereocenters. The Kier molecular flexibility index (Phi) is 3.65. The van der Waals surface area contributed by atoms with Gasteiger partial charge in [0.2, 0.25) is 5.89 Å². The fourth-order valence-electron chi connectivity index (χ4n) is 3.07. The third-order valence-corrected chi connectivity index (χ3v) is 4.45. The van der Waals surface area contributed by atoms with Crippen molar-refractivity contribution in [2.45, 2.75) is 0 Å². The Morgan fingerprint density at radius 1 is 0.964 bits per heavy atom. The third-order valence-electron chi connectivity index (χ3n) is 4.45. The van der Waals surface area contributed by atoms with Crippen molar-refractivity contribution < 1.29 is 8.81 Å². The number of halogens is 1. The fraction of sp³-hybridized carbons (Fsp3) is 0. The van der Waals surface area contributed by atoms with Crippen LogP contribution in [-0.2, 0) is 0 Å². The van der Waals surface area contributed by atoms with Crippen LogP contribution < -0.4 is 5.56 Å². The van der Waals surface area contributed by atoms with Crippen molar-refractivity contribution in [3.8, 4) is 28.6 Å². The number of aromatic amines is 1. The molecular formula is C21H13FN4O2. The number of hydrogen-bond acceptors (Lipinski definition) is 4. The van der Waals surface area contributed by atoms with Crippen LogP contribution in [0.2, 0.25) is 0 Å². The molecule has 6 nitrogen and oxygen atoms in total. The molecule has 0 fully saturated rings. The van der Waals surface area contributed by atoms with Crippen molar-refractivity contribution in [1.82, 2.24) is 19.5 Å². The van der Waals surface area contributed by atoms with Crippen LogP contribution >= 0.6 is 0 Å². The predicted octanol–water partition coefficient (Wildman–Crippen LogP) is 4.17. The van der Waals surface area contributed by atoms with Gasteiger partial charge in [-0.25, -0.2) is 9.37 Å². The zero-order valence-corrected chi connectivity index (χ0v) is 14.5. The lowest BCUT2D eigenvalue weighted by atomic mass is 10.2. The Balaban J connectivity index is 1.76. The minimum absolute atomic E-state index is 0.294. The molecule has 136 valence electrons. The first kappa shape index (κ1) is 16.2. The molecule has 1 N–H and O–H groups in total. The number of imidazole rings is 1. The Labute approximate surface area is 157 Å². The highest BCUT2D eigenvalue weighted by Crippen LogP contribution is 2.31. The summed E-state index contributed by atoms with van der Waals surface area (Å²) in [6.45, 7) is 0. The zero-order valence-electron chi connectivity index (χ0n) is 14.5. The first-order valence-electron chi connectivity index (χ1n) is 8.58. The topological polar surface area (TPSA) is 76.7 Å². The van der Waals surface area contributed by atoms with E-state index in [1.165, 1.54) is 23.0 Å². The Hall–Kier alpha value is -4.00. The van der Waals surface area contributed by atoms with Crippen molar-refractivity contribution in [3.05, 3.63) is 89.4 Å². The predicted molar refractivity (Wildman–Crippen MR) is 103 cm³/mol. The number of aromatic nitrogens is 4. The molecule has 0 aliphatic carbocycles. The van der Waals surface area contributed by atoms with E-state index in [1.54, 1.807) is 24.4 Å². The monoisotopic (exact) mass is 372 g/mol. The molecule has 3 heterocycles. The molecule has 5 aromatic rings. The van der Waals surface area contributed by atoms with Gasteiger partial charge in [0.15, 0.2) is 17.1 Å². The van der Waals surface area contributed by atoms with E-state index < -0.39 is 0 Å². The summed E-state index contributed by atoms with van der Waals surface area (Å²) in [5.41, 5.74) is 2.03. The number of oxazole rings is 1. The SMILES string of the molecule is O=c1c2nc[nH]c2ccn1-c1nc(-c2ccc(F)cc2)oc1-c1ccccc1. The number of H-pyrrole nitrogens is 1. The fourth-order valence-corrected chi connectivity index (χ4v) is 3.07. The normalized spacial score (nSPS) is 11.2. The number of rotatable bonds is 3. The van der Waals surface area contributed by atoms with Crippen LogP contribution in [0.5, 0.6) is 0 Å². The van der Waals surface area contributed by atoms with Crippen LogP contribution in [0.15, 0.2) is 82.4 Å². The van der Waals surface area contributed by atoms with Crippen molar-refractivity contribution in [3.63, 3.8) is 0 Å². The summed E-state index contributed by atoms with van der Waals surface area (Å²) in [5, 5.41) is 0. The first-order chi connectivity index (χ1) is 13.7. The first-order valence-corrected chi connectivity index (χ1v) is 8.58. The molecule has 0 aliphatic rings. The van der Waals surface area contributed by atoms with E-state index in [1.807, 2.05) is 30.3 Å².